The van der Waals surface area contributed by atoms with Gasteiger partial charge in [-0.1, -0.05) is 18.7 Å². The molecule has 0 fully saturated rings. The van der Waals surface area contributed by atoms with Crippen LogP contribution in [0.1, 0.15) is 13.3 Å². The molecule has 1 heterocycles. The van der Waals surface area contributed by atoms with Crippen LogP contribution in [-0.4, -0.2) is 28.4 Å². The number of halogens is 1. The van der Waals surface area contributed by atoms with E-state index < -0.39 is 5.97 Å². The Morgan fingerprint density at radius 1 is 1.65 bits per heavy atom. The van der Waals surface area contributed by atoms with Crippen LogP contribution >= 0.6 is 27.7 Å². The minimum absolute atomic E-state index is 0.110. The van der Waals surface area contributed by atoms with Crippen molar-refractivity contribution in [2.24, 2.45) is 0 Å². The second-order valence-electron chi connectivity index (χ2n) is 3.20. The predicted molar refractivity (Wildman–Crippen MR) is 69.2 cm³/mol. The van der Waals surface area contributed by atoms with Crippen molar-refractivity contribution in [1.29, 1.82) is 0 Å². The highest BCUT2D eigenvalue weighted by Gasteiger charge is 2.12. The Hall–Kier alpha value is -0.820. The molecule has 0 radical (unpaired) electrons. The summed E-state index contributed by atoms with van der Waals surface area (Å²) in [7, 11) is 0. The van der Waals surface area contributed by atoms with E-state index >= 15 is 0 Å². The van der Waals surface area contributed by atoms with Crippen molar-refractivity contribution in [1.82, 2.24) is 9.55 Å². The summed E-state index contributed by atoms with van der Waals surface area (Å²) in [5.41, 5.74) is -0.280. The topological polar surface area (TPSA) is 61.2 Å². The van der Waals surface area contributed by atoms with Gasteiger partial charge in [0.05, 0.1) is 6.61 Å². The smallest absolute Gasteiger partial charge is 0.326 e. The molecule has 1 aromatic rings. The fraction of sp³-hybridized carbons (Fsp3) is 0.500. The summed E-state index contributed by atoms with van der Waals surface area (Å²) in [5, 5.41) is 0.492. The second kappa shape index (κ2) is 6.80. The Morgan fingerprint density at radius 2 is 2.35 bits per heavy atom. The zero-order valence-corrected chi connectivity index (χ0v) is 12.0. The monoisotopic (exact) mass is 320 g/mol. The number of carbonyl (C=O) groups excluding carboxylic acids is 1. The van der Waals surface area contributed by atoms with Gasteiger partial charge < -0.3 is 4.74 Å². The molecule has 0 N–H and O–H groups in total. The molecule has 7 heteroatoms. The molecule has 0 aliphatic carbocycles. The third-order valence-electron chi connectivity index (χ3n) is 1.91. The molecule has 94 valence electrons. The molecule has 0 aliphatic rings. The van der Waals surface area contributed by atoms with Gasteiger partial charge in [-0.05, 0) is 28.6 Å². The standard InChI is InChI=1S/C10H13BrN2O3S/c1-3-4-16-8(14)6-13-9(15)7(11)5-12-10(13)17-2/h5H,3-4,6H2,1-2H3. The first kappa shape index (κ1) is 14.2. The van der Waals surface area contributed by atoms with E-state index in [1.807, 2.05) is 6.92 Å². The number of rotatable bonds is 5. The predicted octanol–water partition coefficient (Wildman–Crippen LogP) is 1.68. The molecule has 17 heavy (non-hydrogen) atoms. The molecular weight excluding hydrogens is 308 g/mol. The van der Waals surface area contributed by atoms with E-state index in [9.17, 15) is 9.59 Å². The Morgan fingerprint density at radius 3 is 2.94 bits per heavy atom. The van der Waals surface area contributed by atoms with Gasteiger partial charge in [0.25, 0.3) is 5.56 Å². The van der Waals surface area contributed by atoms with Crippen molar-refractivity contribution in [2.45, 2.75) is 25.0 Å². The third kappa shape index (κ3) is 3.85. The Balaban J connectivity index is 2.92. The van der Waals surface area contributed by atoms with Crippen LogP contribution in [0.2, 0.25) is 0 Å². The molecule has 0 atom stereocenters. The summed E-state index contributed by atoms with van der Waals surface area (Å²) >= 11 is 4.40. The number of thioether (sulfide) groups is 1. The largest absolute Gasteiger partial charge is 0.464 e. The van der Waals surface area contributed by atoms with E-state index in [1.165, 1.54) is 22.5 Å². The number of ether oxygens (including phenoxy) is 1. The van der Waals surface area contributed by atoms with E-state index in [-0.39, 0.29) is 12.1 Å². The third-order valence-corrected chi connectivity index (χ3v) is 3.14. The van der Waals surface area contributed by atoms with Gasteiger partial charge in [0.15, 0.2) is 5.16 Å². The highest BCUT2D eigenvalue weighted by atomic mass is 79.9. The van der Waals surface area contributed by atoms with Gasteiger partial charge in [-0.2, -0.15) is 0 Å². The molecule has 0 bridgehead atoms. The minimum Gasteiger partial charge on any atom is -0.464 e. The van der Waals surface area contributed by atoms with Crippen LogP contribution in [-0.2, 0) is 16.1 Å². The van der Waals surface area contributed by atoms with Crippen molar-refractivity contribution in [3.05, 3.63) is 21.0 Å². The van der Waals surface area contributed by atoms with Gasteiger partial charge in [0.2, 0.25) is 0 Å². The molecule has 0 aliphatic heterocycles. The van der Waals surface area contributed by atoms with Crippen molar-refractivity contribution >= 4 is 33.7 Å². The van der Waals surface area contributed by atoms with Gasteiger partial charge in [-0.25, -0.2) is 4.98 Å². The molecule has 0 aromatic carbocycles. The maximum atomic E-state index is 11.8. The summed E-state index contributed by atoms with van der Waals surface area (Å²) in [4.78, 5) is 27.3. The number of hydrogen-bond acceptors (Lipinski definition) is 5. The van der Waals surface area contributed by atoms with Gasteiger partial charge in [0.1, 0.15) is 11.0 Å². The van der Waals surface area contributed by atoms with E-state index in [1.54, 1.807) is 6.26 Å². The van der Waals surface area contributed by atoms with E-state index in [0.717, 1.165) is 6.42 Å². The summed E-state index contributed by atoms with van der Waals surface area (Å²) in [6.45, 7) is 2.17. The van der Waals surface area contributed by atoms with Crippen molar-refractivity contribution < 1.29 is 9.53 Å². The maximum absolute atomic E-state index is 11.8. The number of nitrogens with zero attached hydrogens (tertiary/aromatic N) is 2. The zero-order chi connectivity index (χ0) is 12.8. The van der Waals surface area contributed by atoms with Crippen LogP contribution in [0.15, 0.2) is 20.6 Å². The summed E-state index contributed by atoms with van der Waals surface area (Å²) in [5.74, 6) is -0.427. The molecule has 0 saturated carbocycles. The number of hydrogen-bond donors (Lipinski definition) is 0. The van der Waals surface area contributed by atoms with Crippen molar-refractivity contribution in [3.63, 3.8) is 0 Å². The fourth-order valence-corrected chi connectivity index (χ4v) is 1.99. The number of carbonyl (C=O) groups is 1. The first-order valence-corrected chi connectivity index (χ1v) is 7.06. The quantitative estimate of drug-likeness (QED) is 0.469. The lowest BCUT2D eigenvalue weighted by Crippen LogP contribution is -2.28. The van der Waals surface area contributed by atoms with E-state index in [4.69, 9.17) is 4.74 Å². The molecule has 1 aromatic heterocycles. The zero-order valence-electron chi connectivity index (χ0n) is 9.60. The lowest BCUT2D eigenvalue weighted by Gasteiger charge is -2.09. The maximum Gasteiger partial charge on any atom is 0.326 e. The van der Waals surface area contributed by atoms with Crippen molar-refractivity contribution in [3.8, 4) is 0 Å². The van der Waals surface area contributed by atoms with E-state index in [2.05, 4.69) is 20.9 Å². The van der Waals surface area contributed by atoms with Gasteiger partial charge in [-0.3, -0.25) is 14.2 Å². The van der Waals surface area contributed by atoms with Crippen LogP contribution in [0.3, 0.4) is 0 Å². The lowest BCUT2D eigenvalue weighted by atomic mass is 10.5. The van der Waals surface area contributed by atoms with Crippen molar-refractivity contribution in [2.75, 3.05) is 12.9 Å². The SMILES string of the molecule is CCCOC(=O)Cn1c(SC)ncc(Br)c1=O. The van der Waals surface area contributed by atoms with Gasteiger partial charge in [-0.15, -0.1) is 0 Å². The van der Waals surface area contributed by atoms with Crippen LogP contribution < -0.4 is 5.56 Å². The van der Waals surface area contributed by atoms with Gasteiger partial charge in [0, 0.05) is 6.20 Å². The highest BCUT2D eigenvalue weighted by Crippen LogP contribution is 2.11. The fourth-order valence-electron chi connectivity index (χ4n) is 1.15. The van der Waals surface area contributed by atoms with Crippen LogP contribution in [0.5, 0.6) is 0 Å². The summed E-state index contributed by atoms with van der Waals surface area (Å²) < 4.78 is 6.57. The van der Waals surface area contributed by atoms with Gasteiger partial charge >= 0.3 is 5.97 Å². The molecular formula is C10H13BrN2O3S. The average Bonchev–Trinajstić information content (AvgIpc) is 2.33. The Kier molecular flexibility index (Phi) is 5.70. The first-order chi connectivity index (χ1) is 8.10. The molecule has 0 saturated heterocycles. The molecule has 0 spiro atoms. The highest BCUT2D eigenvalue weighted by molar-refractivity contribution is 9.10. The Labute approximate surface area is 112 Å². The molecule has 0 unspecified atom stereocenters. The number of aromatic nitrogens is 2. The lowest BCUT2D eigenvalue weighted by molar-refractivity contribution is -0.144. The van der Waals surface area contributed by atoms with Crippen LogP contribution in [0, 0.1) is 0 Å². The minimum atomic E-state index is -0.427. The first-order valence-electron chi connectivity index (χ1n) is 5.05. The van der Waals surface area contributed by atoms with Crippen LogP contribution in [0.4, 0.5) is 0 Å². The summed E-state index contributed by atoms with van der Waals surface area (Å²) in [6, 6.07) is 0. The molecule has 5 nitrogen and oxygen atoms in total. The molecule has 0 amide bonds. The Bertz CT molecular complexity index is 461. The normalized spacial score (nSPS) is 10.3. The van der Waals surface area contributed by atoms with Crippen LogP contribution in [0.25, 0.3) is 0 Å². The average molecular weight is 321 g/mol. The van der Waals surface area contributed by atoms with E-state index in [0.29, 0.717) is 16.2 Å². The second-order valence-corrected chi connectivity index (χ2v) is 4.83. The number of esters is 1. The summed E-state index contributed by atoms with van der Waals surface area (Å²) in [6.07, 6.45) is 3.98. The molecule has 1 rings (SSSR count).